The van der Waals surface area contributed by atoms with Crippen LogP contribution in [0.4, 0.5) is 0 Å². The summed E-state index contributed by atoms with van der Waals surface area (Å²) in [5, 5.41) is 6.68. The van der Waals surface area contributed by atoms with E-state index in [1.807, 2.05) is 18.2 Å². The molecule has 21 heavy (non-hydrogen) atoms. The summed E-state index contributed by atoms with van der Waals surface area (Å²) in [5.41, 5.74) is 1.87. The first-order valence-electron chi connectivity index (χ1n) is 8.03. The number of hydrogen-bond donors (Lipinski definition) is 2. The van der Waals surface area contributed by atoms with E-state index < -0.39 is 0 Å². The molecule has 116 valence electrons. The fourth-order valence-corrected chi connectivity index (χ4v) is 3.03. The molecule has 0 aromatic heterocycles. The van der Waals surface area contributed by atoms with Crippen molar-refractivity contribution in [2.45, 2.75) is 64.5 Å². The minimum atomic E-state index is -0.0275. The van der Waals surface area contributed by atoms with Gasteiger partial charge in [0.05, 0.1) is 0 Å². The summed E-state index contributed by atoms with van der Waals surface area (Å²) >= 11 is 0. The molecule has 1 fully saturated rings. The van der Waals surface area contributed by atoms with Crippen molar-refractivity contribution in [2.75, 3.05) is 6.54 Å². The molecule has 0 bridgehead atoms. The summed E-state index contributed by atoms with van der Waals surface area (Å²) in [6, 6.07) is 8.47. The summed E-state index contributed by atoms with van der Waals surface area (Å²) in [4.78, 5) is 12.6. The Morgan fingerprint density at radius 2 is 2.00 bits per heavy atom. The number of hydrogen-bond acceptors (Lipinski definition) is 2. The summed E-state index contributed by atoms with van der Waals surface area (Å²) < 4.78 is 0. The normalized spacial score (nSPS) is 20.9. The first kappa shape index (κ1) is 16.0. The van der Waals surface area contributed by atoms with Gasteiger partial charge in [0.15, 0.2) is 0 Å². The molecule has 1 amide bonds. The van der Waals surface area contributed by atoms with E-state index in [1.54, 1.807) is 0 Å². The highest BCUT2D eigenvalue weighted by atomic mass is 16.1. The maximum Gasteiger partial charge on any atom is 0.251 e. The van der Waals surface area contributed by atoms with Gasteiger partial charge in [0.25, 0.3) is 5.91 Å². The van der Waals surface area contributed by atoms with Crippen LogP contribution in [0.1, 0.15) is 62.9 Å². The van der Waals surface area contributed by atoms with E-state index in [0.717, 1.165) is 24.1 Å². The van der Waals surface area contributed by atoms with Crippen LogP contribution in [0.25, 0.3) is 0 Å². The number of benzene rings is 1. The molecule has 2 N–H and O–H groups in total. The van der Waals surface area contributed by atoms with Gasteiger partial charge in [-0.05, 0) is 43.4 Å². The quantitative estimate of drug-likeness (QED) is 0.896. The molecule has 2 rings (SSSR count). The molecule has 1 aromatic rings. The number of carbonyl (C=O) groups is 1. The Balaban J connectivity index is 2.10. The molecule has 1 aliphatic heterocycles. The second kappa shape index (κ2) is 6.61. The average Bonchev–Trinajstić information content (AvgIpc) is 2.47. The van der Waals surface area contributed by atoms with Crippen molar-refractivity contribution >= 4 is 5.91 Å². The highest BCUT2D eigenvalue weighted by molar-refractivity contribution is 5.96. The van der Waals surface area contributed by atoms with Gasteiger partial charge >= 0.3 is 0 Å². The molecule has 3 heteroatoms. The first-order chi connectivity index (χ1) is 9.89. The van der Waals surface area contributed by atoms with Gasteiger partial charge in [0.2, 0.25) is 0 Å². The largest absolute Gasteiger partial charge is 0.348 e. The third-order valence-corrected chi connectivity index (χ3v) is 4.29. The Morgan fingerprint density at radius 1 is 1.29 bits per heavy atom. The van der Waals surface area contributed by atoms with Crippen LogP contribution >= 0.6 is 0 Å². The molecule has 2 unspecified atom stereocenters. The van der Waals surface area contributed by atoms with Gasteiger partial charge in [-0.25, -0.2) is 0 Å². The predicted octanol–water partition coefficient (Wildman–Crippen LogP) is 3.24. The molecule has 1 saturated heterocycles. The van der Waals surface area contributed by atoms with Crippen molar-refractivity contribution in [1.29, 1.82) is 0 Å². The van der Waals surface area contributed by atoms with Crippen LogP contribution in [0.3, 0.4) is 0 Å². The molecule has 2 atom stereocenters. The van der Waals surface area contributed by atoms with Crippen molar-refractivity contribution in [1.82, 2.24) is 10.6 Å². The molecular formula is C18H28N2O. The minimum absolute atomic E-state index is 0.0275. The van der Waals surface area contributed by atoms with E-state index >= 15 is 0 Å². The van der Waals surface area contributed by atoms with Crippen molar-refractivity contribution < 1.29 is 4.79 Å². The number of nitrogens with one attached hydrogen (secondary N) is 2. The lowest BCUT2D eigenvalue weighted by Gasteiger charge is -2.30. The van der Waals surface area contributed by atoms with Gasteiger partial charge in [0, 0.05) is 17.6 Å². The monoisotopic (exact) mass is 288 g/mol. The van der Waals surface area contributed by atoms with E-state index in [9.17, 15) is 4.79 Å². The maximum atomic E-state index is 12.6. The molecule has 0 radical (unpaired) electrons. The van der Waals surface area contributed by atoms with Crippen molar-refractivity contribution in [3.63, 3.8) is 0 Å². The third-order valence-electron chi connectivity index (χ3n) is 4.29. The summed E-state index contributed by atoms with van der Waals surface area (Å²) in [6.07, 6.45) is 3.63. The number of carbonyl (C=O) groups excluding carboxylic acids is 1. The molecule has 0 spiro atoms. The molecule has 1 aromatic carbocycles. The first-order valence-corrected chi connectivity index (χ1v) is 8.03. The summed E-state index contributed by atoms with van der Waals surface area (Å²) in [5.74, 6) is 0.0420. The highest BCUT2D eigenvalue weighted by Crippen LogP contribution is 2.25. The minimum Gasteiger partial charge on any atom is -0.348 e. The fraction of sp³-hybridized carbons (Fsp3) is 0.611. The van der Waals surface area contributed by atoms with Crippen LogP contribution < -0.4 is 10.6 Å². The van der Waals surface area contributed by atoms with Crippen LogP contribution in [0.15, 0.2) is 24.3 Å². The van der Waals surface area contributed by atoms with E-state index in [2.05, 4.69) is 44.4 Å². The maximum absolute atomic E-state index is 12.6. The average molecular weight is 288 g/mol. The van der Waals surface area contributed by atoms with Gasteiger partial charge in [-0.3, -0.25) is 4.79 Å². The van der Waals surface area contributed by atoms with Crippen LogP contribution in [-0.2, 0) is 5.41 Å². The molecule has 3 nitrogen and oxygen atoms in total. The Morgan fingerprint density at radius 3 is 2.62 bits per heavy atom. The molecule has 0 saturated carbocycles. The second-order valence-corrected chi connectivity index (χ2v) is 7.11. The third kappa shape index (κ3) is 4.07. The van der Waals surface area contributed by atoms with Gasteiger partial charge < -0.3 is 10.6 Å². The van der Waals surface area contributed by atoms with E-state index in [0.29, 0.717) is 6.04 Å². The Kier molecular flexibility index (Phi) is 5.04. The Hall–Kier alpha value is -1.35. The lowest BCUT2D eigenvalue weighted by Crippen LogP contribution is -2.50. The van der Waals surface area contributed by atoms with Gasteiger partial charge in [-0.15, -0.1) is 0 Å². The zero-order chi connectivity index (χ0) is 15.5. The van der Waals surface area contributed by atoms with Crippen molar-refractivity contribution in [3.05, 3.63) is 35.4 Å². The van der Waals surface area contributed by atoms with Gasteiger partial charge in [0.1, 0.15) is 0 Å². The summed E-state index contributed by atoms with van der Waals surface area (Å²) in [6.45, 7) is 9.59. The number of rotatable bonds is 3. The topological polar surface area (TPSA) is 41.1 Å². The fourth-order valence-electron chi connectivity index (χ4n) is 3.03. The van der Waals surface area contributed by atoms with E-state index in [1.165, 1.54) is 12.8 Å². The second-order valence-electron chi connectivity index (χ2n) is 7.11. The highest BCUT2D eigenvalue weighted by Gasteiger charge is 2.25. The van der Waals surface area contributed by atoms with Gasteiger partial charge in [-0.1, -0.05) is 45.4 Å². The van der Waals surface area contributed by atoms with Gasteiger partial charge in [-0.2, -0.15) is 0 Å². The predicted molar refractivity (Wildman–Crippen MR) is 87.7 cm³/mol. The Labute approximate surface area is 128 Å². The smallest absolute Gasteiger partial charge is 0.251 e. The van der Waals surface area contributed by atoms with Crippen LogP contribution in [0.5, 0.6) is 0 Å². The van der Waals surface area contributed by atoms with Crippen LogP contribution in [0.2, 0.25) is 0 Å². The van der Waals surface area contributed by atoms with E-state index in [-0.39, 0.29) is 17.4 Å². The molecule has 1 aliphatic rings. The molecule has 0 aliphatic carbocycles. The SMILES string of the molecule is CC(NC(=O)c1ccccc1C(C)(C)C)C1CCCCN1. The van der Waals surface area contributed by atoms with Crippen LogP contribution in [-0.4, -0.2) is 24.5 Å². The summed E-state index contributed by atoms with van der Waals surface area (Å²) in [7, 11) is 0. The molecular weight excluding hydrogens is 260 g/mol. The standard InChI is InChI=1S/C18H28N2O/c1-13(16-11-7-8-12-19-16)20-17(21)14-9-5-6-10-15(14)18(2,3)4/h5-6,9-10,13,16,19H,7-8,11-12H2,1-4H3,(H,20,21). The lowest BCUT2D eigenvalue weighted by atomic mass is 9.83. The molecule has 1 heterocycles. The van der Waals surface area contributed by atoms with Crippen LogP contribution in [0, 0.1) is 0 Å². The van der Waals surface area contributed by atoms with Crippen molar-refractivity contribution in [2.24, 2.45) is 0 Å². The lowest BCUT2D eigenvalue weighted by molar-refractivity contribution is 0.0926. The number of amides is 1. The Bertz CT molecular complexity index is 484. The number of piperidine rings is 1. The zero-order valence-corrected chi connectivity index (χ0v) is 13.7. The zero-order valence-electron chi connectivity index (χ0n) is 13.7. The van der Waals surface area contributed by atoms with Crippen molar-refractivity contribution in [3.8, 4) is 0 Å². The van der Waals surface area contributed by atoms with E-state index in [4.69, 9.17) is 0 Å².